The standard InChI is InChI=1S/C13H16ClN3/c1-10-4-2-3-5-12(10)9-17-13(14)11(6-7-15)8-16-17/h2-5,8H,6-7,9,15H2,1H3. The highest BCUT2D eigenvalue weighted by molar-refractivity contribution is 6.30. The van der Waals surface area contributed by atoms with Crippen LogP contribution in [0.25, 0.3) is 0 Å². The average Bonchev–Trinajstić information content (AvgIpc) is 2.65. The fraction of sp³-hybridized carbons (Fsp3) is 0.308. The lowest BCUT2D eigenvalue weighted by Gasteiger charge is -2.07. The molecular weight excluding hydrogens is 234 g/mol. The van der Waals surface area contributed by atoms with Crippen molar-refractivity contribution in [1.29, 1.82) is 0 Å². The van der Waals surface area contributed by atoms with Crippen molar-refractivity contribution in [2.24, 2.45) is 5.73 Å². The van der Waals surface area contributed by atoms with E-state index >= 15 is 0 Å². The number of hydrogen-bond donors (Lipinski definition) is 1. The monoisotopic (exact) mass is 249 g/mol. The van der Waals surface area contributed by atoms with Gasteiger partial charge in [0.05, 0.1) is 12.7 Å². The van der Waals surface area contributed by atoms with Gasteiger partial charge in [0.1, 0.15) is 5.15 Å². The van der Waals surface area contributed by atoms with Crippen LogP contribution in [0.3, 0.4) is 0 Å². The SMILES string of the molecule is Cc1ccccc1Cn1ncc(CCN)c1Cl. The second kappa shape index (κ2) is 5.34. The molecule has 1 aromatic heterocycles. The Morgan fingerprint density at radius 3 is 2.76 bits per heavy atom. The summed E-state index contributed by atoms with van der Waals surface area (Å²) >= 11 is 6.25. The van der Waals surface area contributed by atoms with Gasteiger partial charge in [-0.1, -0.05) is 35.9 Å². The first-order valence-corrected chi connectivity index (χ1v) is 6.05. The Labute approximate surface area is 106 Å². The van der Waals surface area contributed by atoms with Crippen molar-refractivity contribution in [2.45, 2.75) is 19.9 Å². The van der Waals surface area contributed by atoms with E-state index in [9.17, 15) is 0 Å². The number of halogens is 1. The molecule has 0 aliphatic rings. The quantitative estimate of drug-likeness (QED) is 0.904. The van der Waals surface area contributed by atoms with Crippen LogP contribution in [0.4, 0.5) is 0 Å². The highest BCUT2D eigenvalue weighted by atomic mass is 35.5. The van der Waals surface area contributed by atoms with Gasteiger partial charge in [0.15, 0.2) is 0 Å². The first-order valence-electron chi connectivity index (χ1n) is 5.67. The topological polar surface area (TPSA) is 43.8 Å². The smallest absolute Gasteiger partial charge is 0.130 e. The van der Waals surface area contributed by atoms with Crippen LogP contribution in [0.1, 0.15) is 16.7 Å². The minimum Gasteiger partial charge on any atom is -0.330 e. The van der Waals surface area contributed by atoms with Crippen LogP contribution in [-0.4, -0.2) is 16.3 Å². The molecule has 2 N–H and O–H groups in total. The lowest BCUT2D eigenvalue weighted by Crippen LogP contribution is -2.05. The van der Waals surface area contributed by atoms with Crippen LogP contribution < -0.4 is 5.73 Å². The Kier molecular flexibility index (Phi) is 3.82. The maximum absolute atomic E-state index is 6.25. The molecule has 1 aromatic carbocycles. The van der Waals surface area contributed by atoms with Gasteiger partial charge in [0.2, 0.25) is 0 Å². The molecule has 0 saturated heterocycles. The summed E-state index contributed by atoms with van der Waals surface area (Å²) in [6.45, 7) is 3.39. The van der Waals surface area contributed by atoms with Crippen LogP contribution in [0.15, 0.2) is 30.5 Å². The third kappa shape index (κ3) is 2.68. The van der Waals surface area contributed by atoms with Crippen molar-refractivity contribution in [3.05, 3.63) is 52.3 Å². The third-order valence-corrected chi connectivity index (χ3v) is 3.28. The van der Waals surface area contributed by atoms with Gasteiger partial charge in [0.25, 0.3) is 0 Å². The van der Waals surface area contributed by atoms with E-state index in [1.807, 2.05) is 16.8 Å². The summed E-state index contributed by atoms with van der Waals surface area (Å²) in [5.41, 5.74) is 9.02. The molecule has 0 unspecified atom stereocenters. The molecule has 0 spiro atoms. The van der Waals surface area contributed by atoms with Gasteiger partial charge in [-0.2, -0.15) is 5.10 Å². The molecule has 17 heavy (non-hydrogen) atoms. The molecule has 0 bridgehead atoms. The molecule has 0 aliphatic carbocycles. The molecule has 0 atom stereocenters. The Balaban J connectivity index is 2.22. The molecule has 3 nitrogen and oxygen atoms in total. The molecule has 2 rings (SSSR count). The van der Waals surface area contributed by atoms with Gasteiger partial charge in [-0.3, -0.25) is 0 Å². The summed E-state index contributed by atoms with van der Waals surface area (Å²) in [6, 6.07) is 8.24. The third-order valence-electron chi connectivity index (χ3n) is 2.84. The number of nitrogens with two attached hydrogens (primary N) is 1. The molecule has 0 amide bonds. The predicted molar refractivity (Wildman–Crippen MR) is 70.3 cm³/mol. The fourth-order valence-electron chi connectivity index (χ4n) is 1.79. The first kappa shape index (κ1) is 12.1. The Bertz CT molecular complexity index is 505. The Morgan fingerprint density at radius 2 is 2.06 bits per heavy atom. The van der Waals surface area contributed by atoms with E-state index in [-0.39, 0.29) is 0 Å². The number of hydrogen-bond acceptors (Lipinski definition) is 2. The van der Waals surface area contributed by atoms with E-state index in [0.29, 0.717) is 18.2 Å². The Morgan fingerprint density at radius 1 is 1.29 bits per heavy atom. The van der Waals surface area contributed by atoms with Crippen LogP contribution in [0, 0.1) is 6.92 Å². The highest BCUT2D eigenvalue weighted by Gasteiger charge is 2.08. The van der Waals surface area contributed by atoms with Crippen molar-refractivity contribution in [2.75, 3.05) is 6.54 Å². The van der Waals surface area contributed by atoms with Crippen molar-refractivity contribution < 1.29 is 0 Å². The first-order chi connectivity index (χ1) is 8.22. The van der Waals surface area contributed by atoms with Gasteiger partial charge < -0.3 is 5.73 Å². The van der Waals surface area contributed by atoms with E-state index in [4.69, 9.17) is 17.3 Å². The lowest BCUT2D eigenvalue weighted by atomic mass is 10.1. The fourth-order valence-corrected chi connectivity index (χ4v) is 2.04. The van der Waals surface area contributed by atoms with Crippen LogP contribution in [0.5, 0.6) is 0 Å². The summed E-state index contributed by atoms with van der Waals surface area (Å²) in [7, 11) is 0. The van der Waals surface area contributed by atoms with E-state index < -0.39 is 0 Å². The molecule has 0 fully saturated rings. The molecule has 90 valence electrons. The van der Waals surface area contributed by atoms with Crippen molar-refractivity contribution >= 4 is 11.6 Å². The number of rotatable bonds is 4. The summed E-state index contributed by atoms with van der Waals surface area (Å²) in [4.78, 5) is 0. The highest BCUT2D eigenvalue weighted by Crippen LogP contribution is 2.18. The van der Waals surface area contributed by atoms with Gasteiger partial charge in [-0.25, -0.2) is 4.68 Å². The second-order valence-corrected chi connectivity index (χ2v) is 4.44. The molecule has 2 aromatic rings. The van der Waals surface area contributed by atoms with E-state index in [1.54, 1.807) is 6.20 Å². The average molecular weight is 250 g/mol. The molecule has 4 heteroatoms. The largest absolute Gasteiger partial charge is 0.330 e. The number of nitrogens with zero attached hydrogens (tertiary/aromatic N) is 2. The van der Waals surface area contributed by atoms with E-state index in [0.717, 1.165) is 12.0 Å². The number of aryl methyl sites for hydroxylation is 1. The number of benzene rings is 1. The predicted octanol–water partition coefficient (Wildman–Crippen LogP) is 2.39. The van der Waals surface area contributed by atoms with Crippen molar-refractivity contribution in [3.8, 4) is 0 Å². The van der Waals surface area contributed by atoms with Crippen molar-refractivity contribution in [3.63, 3.8) is 0 Å². The zero-order valence-electron chi connectivity index (χ0n) is 9.86. The van der Waals surface area contributed by atoms with Crippen LogP contribution >= 0.6 is 11.6 Å². The summed E-state index contributed by atoms with van der Waals surface area (Å²) < 4.78 is 1.81. The van der Waals surface area contributed by atoms with E-state index in [1.165, 1.54) is 11.1 Å². The molecule has 0 saturated carbocycles. The minimum atomic E-state index is 0.593. The molecule has 0 aliphatic heterocycles. The summed E-state index contributed by atoms with van der Waals surface area (Å²) in [5, 5.41) is 4.99. The van der Waals surface area contributed by atoms with Gasteiger partial charge in [-0.15, -0.1) is 0 Å². The minimum absolute atomic E-state index is 0.593. The van der Waals surface area contributed by atoms with Crippen molar-refractivity contribution in [1.82, 2.24) is 9.78 Å². The summed E-state index contributed by atoms with van der Waals surface area (Å²) in [5.74, 6) is 0. The lowest BCUT2D eigenvalue weighted by molar-refractivity contribution is 0.684. The Hall–Kier alpha value is -1.32. The maximum Gasteiger partial charge on any atom is 0.130 e. The molecule has 0 radical (unpaired) electrons. The van der Waals surface area contributed by atoms with Gasteiger partial charge in [-0.05, 0) is 31.0 Å². The maximum atomic E-state index is 6.25. The molecular formula is C13H16ClN3. The summed E-state index contributed by atoms with van der Waals surface area (Å²) in [6.07, 6.45) is 2.57. The second-order valence-electron chi connectivity index (χ2n) is 4.08. The van der Waals surface area contributed by atoms with Gasteiger partial charge in [0, 0.05) is 5.56 Å². The molecule has 1 heterocycles. The van der Waals surface area contributed by atoms with Crippen LogP contribution in [0.2, 0.25) is 5.15 Å². The number of aromatic nitrogens is 2. The van der Waals surface area contributed by atoms with E-state index in [2.05, 4.69) is 24.2 Å². The van der Waals surface area contributed by atoms with Gasteiger partial charge >= 0.3 is 0 Å². The normalized spacial score (nSPS) is 10.8. The van der Waals surface area contributed by atoms with Crippen LogP contribution in [-0.2, 0) is 13.0 Å². The zero-order valence-corrected chi connectivity index (χ0v) is 10.6. The zero-order chi connectivity index (χ0) is 12.3.